The van der Waals surface area contributed by atoms with Gasteiger partial charge in [-0.25, -0.2) is 0 Å². The van der Waals surface area contributed by atoms with Crippen LogP contribution in [0, 0.1) is 23.2 Å². The standard InChI is InChI=1S/C27H37NO5/c1-15-7-6-8-18-12-23-24(25(29)27(15,18)3)20(26(30)33-23)14-28-10-9-17-11-21(31-4)22(32-5)13-19(17)16(28)2/h8,11,13,15-16,20,23-25,29H,6-7,9-10,12,14H2,1-5H3/t15-,16+,20+,23-,24+,25+,27-/m1/s1. The molecule has 0 unspecified atom stereocenters. The zero-order valence-corrected chi connectivity index (χ0v) is 20.5. The fraction of sp³-hybridized carbons (Fsp3) is 0.667. The summed E-state index contributed by atoms with van der Waals surface area (Å²) in [6.07, 6.45) is 5.29. The molecule has 0 radical (unpaired) electrons. The van der Waals surface area contributed by atoms with E-state index in [1.54, 1.807) is 14.2 Å². The highest BCUT2D eigenvalue weighted by Gasteiger charge is 2.60. The number of methoxy groups -OCH3 is 2. The van der Waals surface area contributed by atoms with E-state index in [0.29, 0.717) is 12.5 Å². The van der Waals surface area contributed by atoms with Gasteiger partial charge in [0.05, 0.1) is 26.2 Å². The molecule has 6 heteroatoms. The van der Waals surface area contributed by atoms with Gasteiger partial charge in [-0.2, -0.15) is 0 Å². The molecule has 2 heterocycles. The fourth-order valence-corrected chi connectivity index (χ4v) is 6.97. The first-order valence-corrected chi connectivity index (χ1v) is 12.4. The lowest BCUT2D eigenvalue weighted by Gasteiger charge is -2.52. The Morgan fingerprint density at radius 2 is 1.94 bits per heavy atom. The summed E-state index contributed by atoms with van der Waals surface area (Å²) in [4.78, 5) is 15.4. The van der Waals surface area contributed by atoms with Crippen molar-refractivity contribution in [1.29, 1.82) is 0 Å². The second-order valence-corrected chi connectivity index (χ2v) is 10.6. The van der Waals surface area contributed by atoms with Crippen LogP contribution in [0.5, 0.6) is 11.5 Å². The van der Waals surface area contributed by atoms with Gasteiger partial charge in [0.1, 0.15) is 6.10 Å². The Labute approximate surface area is 196 Å². The predicted molar refractivity (Wildman–Crippen MR) is 125 cm³/mol. The van der Waals surface area contributed by atoms with Gasteiger partial charge in [0.2, 0.25) is 0 Å². The van der Waals surface area contributed by atoms with Gasteiger partial charge in [0.25, 0.3) is 0 Å². The van der Waals surface area contributed by atoms with Crippen molar-refractivity contribution < 1.29 is 24.1 Å². The SMILES string of the molecule is COc1cc2c(cc1OC)[C@H](C)N(C[C@@H]1C(=O)O[C@@H]3CC4=CCC[C@@H](C)[C@@]4(C)[C@@H](O)[C@@H]13)CC2. The third-order valence-corrected chi connectivity index (χ3v) is 9.31. The number of carbonyl (C=O) groups excluding carboxylic acids is 1. The van der Waals surface area contributed by atoms with Crippen LogP contribution in [0.4, 0.5) is 0 Å². The topological polar surface area (TPSA) is 68.2 Å². The molecule has 0 amide bonds. The van der Waals surface area contributed by atoms with Crippen molar-refractivity contribution in [2.75, 3.05) is 27.3 Å². The largest absolute Gasteiger partial charge is 0.493 e. The maximum Gasteiger partial charge on any atom is 0.311 e. The number of benzene rings is 1. The van der Waals surface area contributed by atoms with Crippen molar-refractivity contribution in [3.05, 3.63) is 34.9 Å². The summed E-state index contributed by atoms with van der Waals surface area (Å²) in [7, 11) is 3.32. The van der Waals surface area contributed by atoms with Crippen molar-refractivity contribution >= 4 is 5.97 Å². The molecule has 1 N–H and O–H groups in total. The summed E-state index contributed by atoms with van der Waals surface area (Å²) in [6, 6.07) is 4.28. The van der Waals surface area contributed by atoms with E-state index in [0.717, 1.165) is 43.7 Å². The number of ether oxygens (including phenoxy) is 3. The van der Waals surface area contributed by atoms with Crippen LogP contribution in [0.25, 0.3) is 0 Å². The molecule has 2 aliphatic carbocycles. The molecule has 180 valence electrons. The third-order valence-electron chi connectivity index (χ3n) is 9.31. The van der Waals surface area contributed by atoms with Crippen LogP contribution in [0.15, 0.2) is 23.8 Å². The highest BCUT2D eigenvalue weighted by molar-refractivity contribution is 5.76. The molecular weight excluding hydrogens is 418 g/mol. The van der Waals surface area contributed by atoms with Crippen LogP contribution < -0.4 is 9.47 Å². The minimum absolute atomic E-state index is 0.140. The van der Waals surface area contributed by atoms with E-state index in [-0.39, 0.29) is 35.4 Å². The molecule has 2 fully saturated rings. The molecule has 1 saturated carbocycles. The number of carbonyl (C=O) groups is 1. The highest BCUT2D eigenvalue weighted by Crippen LogP contribution is 2.56. The van der Waals surface area contributed by atoms with E-state index in [4.69, 9.17) is 14.2 Å². The second kappa shape index (κ2) is 8.31. The van der Waals surface area contributed by atoms with Gasteiger partial charge in [-0.1, -0.05) is 25.5 Å². The van der Waals surface area contributed by atoms with Gasteiger partial charge >= 0.3 is 5.97 Å². The summed E-state index contributed by atoms with van der Waals surface area (Å²) in [5, 5.41) is 11.6. The van der Waals surface area contributed by atoms with Crippen molar-refractivity contribution in [3.63, 3.8) is 0 Å². The number of aliphatic hydroxyl groups excluding tert-OH is 1. The molecule has 0 aromatic heterocycles. The molecule has 5 rings (SSSR count). The lowest BCUT2D eigenvalue weighted by Crippen LogP contribution is -2.55. The Kier molecular flexibility index (Phi) is 5.73. The summed E-state index contributed by atoms with van der Waals surface area (Å²) in [6.45, 7) is 8.09. The molecule has 6 nitrogen and oxygen atoms in total. The number of aliphatic hydroxyl groups is 1. The average molecular weight is 456 g/mol. The zero-order valence-electron chi connectivity index (χ0n) is 20.5. The average Bonchev–Trinajstić information content (AvgIpc) is 3.11. The summed E-state index contributed by atoms with van der Waals surface area (Å²) < 4.78 is 16.9. The van der Waals surface area contributed by atoms with Crippen LogP contribution in [-0.2, 0) is 16.0 Å². The Hall–Kier alpha value is -2.05. The molecule has 1 saturated heterocycles. The molecule has 4 aliphatic rings. The number of hydrogen-bond acceptors (Lipinski definition) is 6. The van der Waals surface area contributed by atoms with E-state index in [2.05, 4.69) is 43.9 Å². The van der Waals surface area contributed by atoms with Crippen LogP contribution >= 0.6 is 0 Å². The van der Waals surface area contributed by atoms with E-state index in [1.807, 2.05) is 0 Å². The quantitative estimate of drug-likeness (QED) is 0.549. The van der Waals surface area contributed by atoms with E-state index >= 15 is 0 Å². The second-order valence-electron chi connectivity index (χ2n) is 10.6. The molecule has 0 bridgehead atoms. The number of nitrogens with zero attached hydrogens (tertiary/aromatic N) is 1. The monoisotopic (exact) mass is 455 g/mol. The molecule has 7 atom stereocenters. The van der Waals surface area contributed by atoms with E-state index in [1.165, 1.54) is 16.7 Å². The van der Waals surface area contributed by atoms with Gasteiger partial charge in [-0.05, 0) is 55.4 Å². The zero-order chi connectivity index (χ0) is 23.5. The van der Waals surface area contributed by atoms with E-state index < -0.39 is 6.10 Å². The summed E-state index contributed by atoms with van der Waals surface area (Å²) in [5.74, 6) is 1.27. The number of esters is 1. The van der Waals surface area contributed by atoms with Crippen LogP contribution in [0.1, 0.15) is 57.2 Å². The summed E-state index contributed by atoms with van der Waals surface area (Å²) >= 11 is 0. The first kappa shape index (κ1) is 22.7. The van der Waals surface area contributed by atoms with Crippen LogP contribution in [0.3, 0.4) is 0 Å². The predicted octanol–water partition coefficient (Wildman–Crippen LogP) is 3.91. The first-order chi connectivity index (χ1) is 15.8. The van der Waals surface area contributed by atoms with Crippen molar-refractivity contribution in [2.45, 2.75) is 64.7 Å². The fourth-order valence-electron chi connectivity index (χ4n) is 6.97. The smallest absolute Gasteiger partial charge is 0.311 e. The Morgan fingerprint density at radius 3 is 2.67 bits per heavy atom. The van der Waals surface area contributed by atoms with E-state index in [9.17, 15) is 9.90 Å². The Bertz CT molecular complexity index is 974. The minimum Gasteiger partial charge on any atom is -0.493 e. The van der Waals surface area contributed by atoms with Gasteiger partial charge in [-0.3, -0.25) is 9.69 Å². The molecule has 33 heavy (non-hydrogen) atoms. The third kappa shape index (κ3) is 3.40. The maximum absolute atomic E-state index is 13.1. The molecule has 0 spiro atoms. The van der Waals surface area contributed by atoms with Crippen molar-refractivity contribution in [3.8, 4) is 11.5 Å². The molecular formula is C27H37NO5. The first-order valence-electron chi connectivity index (χ1n) is 12.4. The van der Waals surface area contributed by atoms with Crippen molar-refractivity contribution in [1.82, 2.24) is 4.90 Å². The Balaban J connectivity index is 1.40. The molecule has 1 aromatic carbocycles. The maximum atomic E-state index is 13.1. The number of hydrogen-bond donors (Lipinski definition) is 1. The Morgan fingerprint density at radius 1 is 1.21 bits per heavy atom. The van der Waals surface area contributed by atoms with Crippen LogP contribution in [-0.4, -0.2) is 55.5 Å². The minimum atomic E-state index is -0.564. The molecule has 1 aromatic rings. The normalized spacial score (nSPS) is 38.0. The lowest BCUT2D eigenvalue weighted by molar-refractivity contribution is -0.145. The van der Waals surface area contributed by atoms with Gasteiger partial charge in [-0.15, -0.1) is 0 Å². The van der Waals surface area contributed by atoms with Crippen molar-refractivity contribution in [2.24, 2.45) is 23.2 Å². The number of fused-ring (bicyclic) bond motifs is 3. The summed E-state index contributed by atoms with van der Waals surface area (Å²) in [5.41, 5.74) is 3.49. The number of allylic oxidation sites excluding steroid dienone is 1. The lowest BCUT2D eigenvalue weighted by atomic mass is 9.55. The number of rotatable bonds is 4. The van der Waals surface area contributed by atoms with Gasteiger partial charge < -0.3 is 19.3 Å². The van der Waals surface area contributed by atoms with Gasteiger partial charge in [0.15, 0.2) is 11.5 Å². The highest BCUT2D eigenvalue weighted by atomic mass is 16.6. The molecule has 2 aliphatic heterocycles. The van der Waals surface area contributed by atoms with Gasteiger partial charge in [0, 0.05) is 36.9 Å². The van der Waals surface area contributed by atoms with Crippen LogP contribution in [0.2, 0.25) is 0 Å².